The van der Waals surface area contributed by atoms with Gasteiger partial charge in [-0.25, -0.2) is 0 Å². The molecule has 2 unspecified atom stereocenters. The largest absolute Gasteiger partial charge is 0.465 e. The van der Waals surface area contributed by atoms with Crippen molar-refractivity contribution in [2.24, 2.45) is 0 Å². The molecule has 0 aliphatic rings. The van der Waals surface area contributed by atoms with E-state index in [1.165, 1.54) is 0 Å². The van der Waals surface area contributed by atoms with E-state index in [0.29, 0.717) is 26.1 Å². The minimum absolute atomic E-state index is 0.211. The maximum Gasteiger partial charge on any atom is 0.323 e. The number of carbonyl (C=O) groups is 2. The van der Waals surface area contributed by atoms with Crippen LogP contribution in [0.3, 0.4) is 0 Å². The molecule has 0 aromatic carbocycles. The molecule has 0 aromatic heterocycles. The average molecular weight is 372 g/mol. The summed E-state index contributed by atoms with van der Waals surface area (Å²) in [5.41, 5.74) is 0. The van der Waals surface area contributed by atoms with Crippen molar-refractivity contribution in [3.8, 4) is 0 Å². The Hall–Kier alpha value is -1.10. The van der Waals surface area contributed by atoms with Gasteiger partial charge >= 0.3 is 11.9 Å². The summed E-state index contributed by atoms with van der Waals surface area (Å²) in [6.07, 6.45) is 9.03. The molecule has 0 saturated carbocycles. The number of esters is 2. The minimum atomic E-state index is -0.382. The summed E-state index contributed by atoms with van der Waals surface area (Å²) in [5.74, 6) is -0.422. The van der Waals surface area contributed by atoms with Gasteiger partial charge in [-0.1, -0.05) is 66.2 Å². The molecule has 5 heteroatoms. The highest BCUT2D eigenvalue weighted by Crippen LogP contribution is 2.18. The fourth-order valence-corrected chi connectivity index (χ4v) is 2.81. The van der Waals surface area contributed by atoms with Crippen molar-refractivity contribution < 1.29 is 19.1 Å². The minimum Gasteiger partial charge on any atom is -0.465 e. The smallest absolute Gasteiger partial charge is 0.323 e. The lowest BCUT2D eigenvalue weighted by Crippen LogP contribution is -2.49. The summed E-state index contributed by atoms with van der Waals surface area (Å²) in [6.45, 7) is 9.25. The Bertz CT molecular complexity index is 339. The van der Waals surface area contributed by atoms with E-state index in [1.807, 2.05) is 11.9 Å². The second-order valence-corrected chi connectivity index (χ2v) is 7.02. The molecule has 0 amide bonds. The van der Waals surface area contributed by atoms with Crippen LogP contribution in [0.1, 0.15) is 91.9 Å². The molecule has 0 spiro atoms. The highest BCUT2D eigenvalue weighted by atomic mass is 16.5. The van der Waals surface area contributed by atoms with Crippen LogP contribution < -0.4 is 0 Å². The molecule has 0 rings (SSSR count). The number of likely N-dealkylation sites (N-methyl/N-ethyl adjacent to an activating group) is 1. The first-order valence-electron chi connectivity index (χ1n) is 10.6. The van der Waals surface area contributed by atoms with Gasteiger partial charge in [0.25, 0.3) is 0 Å². The van der Waals surface area contributed by atoms with E-state index in [9.17, 15) is 9.59 Å². The van der Waals surface area contributed by atoms with Crippen molar-refractivity contribution >= 4 is 11.9 Å². The molecule has 0 N–H and O–H groups in total. The normalized spacial score (nSPS) is 13.5. The predicted octanol–water partition coefficient (Wildman–Crippen LogP) is 4.72. The SMILES string of the molecule is CCCCOC(=O)C(CCCC)N(C)C(CCCC)C(=O)OCCCC. The third-order valence-electron chi connectivity index (χ3n) is 4.67. The van der Waals surface area contributed by atoms with Crippen LogP contribution in [0.4, 0.5) is 0 Å². The third-order valence-corrected chi connectivity index (χ3v) is 4.67. The van der Waals surface area contributed by atoms with Gasteiger partial charge in [0.05, 0.1) is 13.2 Å². The average Bonchev–Trinajstić information content (AvgIpc) is 2.62. The summed E-state index contributed by atoms with van der Waals surface area (Å²) >= 11 is 0. The number of nitrogens with zero attached hydrogens (tertiary/aromatic N) is 1. The predicted molar refractivity (Wildman–Crippen MR) is 106 cm³/mol. The first-order valence-corrected chi connectivity index (χ1v) is 10.6. The quantitative estimate of drug-likeness (QED) is 0.290. The van der Waals surface area contributed by atoms with Gasteiger partial charge in [0, 0.05) is 0 Å². The van der Waals surface area contributed by atoms with E-state index < -0.39 is 0 Å². The van der Waals surface area contributed by atoms with Crippen LogP contribution in [0.25, 0.3) is 0 Å². The van der Waals surface area contributed by atoms with E-state index in [2.05, 4.69) is 27.7 Å². The Morgan fingerprint density at radius 2 is 1.04 bits per heavy atom. The Morgan fingerprint density at radius 3 is 1.35 bits per heavy atom. The van der Waals surface area contributed by atoms with Crippen molar-refractivity contribution in [1.29, 1.82) is 0 Å². The van der Waals surface area contributed by atoms with Gasteiger partial charge in [-0.2, -0.15) is 0 Å². The van der Waals surface area contributed by atoms with Crippen LogP contribution in [0, 0.1) is 0 Å². The van der Waals surface area contributed by atoms with Crippen LogP contribution in [-0.4, -0.2) is 49.2 Å². The molecule has 0 aliphatic heterocycles. The maximum atomic E-state index is 12.6. The molecule has 5 nitrogen and oxygen atoms in total. The molecule has 0 heterocycles. The zero-order valence-electron chi connectivity index (χ0n) is 17.7. The Kier molecular flexibility index (Phi) is 15.4. The fraction of sp³-hybridized carbons (Fsp3) is 0.905. The second kappa shape index (κ2) is 16.1. The van der Waals surface area contributed by atoms with Gasteiger partial charge in [-0.05, 0) is 32.7 Å². The summed E-state index contributed by atoms with van der Waals surface area (Å²) in [7, 11) is 1.86. The van der Waals surface area contributed by atoms with E-state index in [1.54, 1.807) is 0 Å². The molecule has 0 saturated heterocycles. The summed E-state index contributed by atoms with van der Waals surface area (Å²) in [6, 6.07) is -0.764. The Labute approximate surface area is 160 Å². The number of hydrogen-bond donors (Lipinski definition) is 0. The fourth-order valence-electron chi connectivity index (χ4n) is 2.81. The van der Waals surface area contributed by atoms with Gasteiger partial charge in [0.15, 0.2) is 0 Å². The lowest BCUT2D eigenvalue weighted by Gasteiger charge is -2.32. The van der Waals surface area contributed by atoms with Crippen LogP contribution in [0.5, 0.6) is 0 Å². The van der Waals surface area contributed by atoms with Crippen LogP contribution in [-0.2, 0) is 19.1 Å². The molecule has 0 aliphatic carbocycles. The summed E-state index contributed by atoms with van der Waals surface area (Å²) < 4.78 is 10.9. The number of carbonyl (C=O) groups excluding carboxylic acids is 2. The number of ether oxygens (including phenoxy) is 2. The molecule has 0 aromatic rings. The molecule has 0 bridgehead atoms. The highest BCUT2D eigenvalue weighted by Gasteiger charge is 2.33. The first kappa shape index (κ1) is 24.9. The molecule has 2 atom stereocenters. The topological polar surface area (TPSA) is 55.8 Å². The van der Waals surface area contributed by atoms with Crippen molar-refractivity contribution in [1.82, 2.24) is 4.90 Å². The van der Waals surface area contributed by atoms with E-state index >= 15 is 0 Å². The Balaban J connectivity index is 5.07. The van der Waals surface area contributed by atoms with Crippen molar-refractivity contribution in [2.45, 2.75) is 104 Å². The van der Waals surface area contributed by atoms with E-state index in [0.717, 1.165) is 51.4 Å². The number of rotatable bonds is 16. The van der Waals surface area contributed by atoms with Gasteiger partial charge in [-0.15, -0.1) is 0 Å². The van der Waals surface area contributed by atoms with Crippen LogP contribution in [0.15, 0.2) is 0 Å². The molecule has 26 heavy (non-hydrogen) atoms. The zero-order chi connectivity index (χ0) is 19.8. The third kappa shape index (κ3) is 10.1. The van der Waals surface area contributed by atoms with Gasteiger partial charge in [-0.3, -0.25) is 14.5 Å². The summed E-state index contributed by atoms with van der Waals surface area (Å²) in [5, 5.41) is 0. The molecular weight excluding hydrogens is 330 g/mol. The number of hydrogen-bond acceptors (Lipinski definition) is 5. The Morgan fingerprint density at radius 1 is 0.692 bits per heavy atom. The van der Waals surface area contributed by atoms with E-state index in [-0.39, 0.29) is 24.0 Å². The second-order valence-electron chi connectivity index (χ2n) is 7.02. The number of unbranched alkanes of at least 4 members (excludes halogenated alkanes) is 4. The summed E-state index contributed by atoms with van der Waals surface area (Å²) in [4.78, 5) is 27.1. The molecule has 0 radical (unpaired) electrons. The molecule has 154 valence electrons. The van der Waals surface area contributed by atoms with Gasteiger partial charge < -0.3 is 9.47 Å². The van der Waals surface area contributed by atoms with Crippen LogP contribution in [0.2, 0.25) is 0 Å². The highest BCUT2D eigenvalue weighted by molar-refractivity contribution is 5.79. The van der Waals surface area contributed by atoms with Gasteiger partial charge in [0.2, 0.25) is 0 Å². The lowest BCUT2D eigenvalue weighted by molar-refractivity contribution is -0.157. The first-order chi connectivity index (χ1) is 12.5. The van der Waals surface area contributed by atoms with Crippen molar-refractivity contribution in [3.05, 3.63) is 0 Å². The maximum absolute atomic E-state index is 12.6. The van der Waals surface area contributed by atoms with E-state index in [4.69, 9.17) is 9.47 Å². The standard InChI is InChI=1S/C21H41NO4/c1-6-10-14-18(20(23)25-16-12-8-3)22(5)19(15-11-7-2)21(24)26-17-13-9-4/h18-19H,6-17H2,1-5H3. The monoisotopic (exact) mass is 371 g/mol. The lowest BCUT2D eigenvalue weighted by atomic mass is 10.0. The molecule has 0 fully saturated rings. The van der Waals surface area contributed by atoms with Gasteiger partial charge in [0.1, 0.15) is 12.1 Å². The molecular formula is C21H41NO4. The van der Waals surface area contributed by atoms with Crippen LogP contribution >= 0.6 is 0 Å². The van der Waals surface area contributed by atoms with Crippen molar-refractivity contribution in [2.75, 3.05) is 20.3 Å². The van der Waals surface area contributed by atoms with Crippen molar-refractivity contribution in [3.63, 3.8) is 0 Å². The zero-order valence-corrected chi connectivity index (χ0v) is 17.7.